The number of nitrogens with two attached hydrogens (primary N) is 1. The summed E-state index contributed by atoms with van der Waals surface area (Å²) in [6, 6.07) is 0. The molecule has 0 radical (unpaired) electrons. The van der Waals surface area contributed by atoms with Crippen LogP contribution < -0.4 is 11.1 Å². The quantitative estimate of drug-likeness (QED) is 0.677. The first-order valence-electron chi connectivity index (χ1n) is 4.86. The lowest BCUT2D eigenvalue weighted by Crippen LogP contribution is -2.61. The number of amides is 1. The summed E-state index contributed by atoms with van der Waals surface area (Å²) in [6.07, 6.45) is -3.53. The maximum Gasteiger partial charge on any atom is 0.415 e. The van der Waals surface area contributed by atoms with Crippen LogP contribution in [0.5, 0.6) is 0 Å². The van der Waals surface area contributed by atoms with Crippen LogP contribution in [0.15, 0.2) is 0 Å². The molecule has 0 aromatic carbocycles. The van der Waals surface area contributed by atoms with E-state index in [2.05, 4.69) is 5.32 Å². The molecule has 0 aromatic heterocycles. The highest BCUT2D eigenvalue weighted by Crippen LogP contribution is 2.27. The second-order valence-corrected chi connectivity index (χ2v) is 3.66. The van der Waals surface area contributed by atoms with Crippen LogP contribution in [0.25, 0.3) is 0 Å². The van der Waals surface area contributed by atoms with Gasteiger partial charge in [0.05, 0.1) is 0 Å². The molecule has 0 aliphatic rings. The van der Waals surface area contributed by atoms with Crippen molar-refractivity contribution in [2.24, 2.45) is 5.73 Å². The van der Waals surface area contributed by atoms with Crippen LogP contribution in [0, 0.1) is 0 Å². The molecule has 0 spiro atoms. The van der Waals surface area contributed by atoms with E-state index >= 15 is 0 Å². The zero-order valence-corrected chi connectivity index (χ0v) is 9.36. The van der Waals surface area contributed by atoms with Crippen molar-refractivity contribution in [2.45, 2.75) is 31.5 Å². The number of methoxy groups -OCH3 is 1. The van der Waals surface area contributed by atoms with E-state index in [0.717, 1.165) is 0 Å². The molecule has 16 heavy (non-hydrogen) atoms. The van der Waals surface area contributed by atoms with Gasteiger partial charge in [0.15, 0.2) is 5.54 Å². The summed E-state index contributed by atoms with van der Waals surface area (Å²) >= 11 is 0. The highest BCUT2D eigenvalue weighted by molar-refractivity contribution is 5.86. The molecule has 1 atom stereocenters. The number of halogens is 3. The summed E-state index contributed by atoms with van der Waals surface area (Å²) in [7, 11) is 1.53. The Morgan fingerprint density at radius 3 is 2.38 bits per heavy atom. The van der Waals surface area contributed by atoms with E-state index in [-0.39, 0.29) is 6.54 Å². The van der Waals surface area contributed by atoms with Gasteiger partial charge in [-0.05, 0) is 19.8 Å². The third-order valence-electron chi connectivity index (χ3n) is 2.12. The van der Waals surface area contributed by atoms with Crippen molar-refractivity contribution in [1.82, 2.24) is 5.32 Å². The lowest BCUT2D eigenvalue weighted by molar-refractivity contribution is -0.187. The van der Waals surface area contributed by atoms with E-state index in [4.69, 9.17) is 10.5 Å². The van der Waals surface area contributed by atoms with Gasteiger partial charge in [-0.15, -0.1) is 0 Å². The van der Waals surface area contributed by atoms with Crippen molar-refractivity contribution in [2.75, 3.05) is 20.3 Å². The van der Waals surface area contributed by atoms with Crippen LogP contribution in [-0.4, -0.2) is 37.9 Å². The summed E-state index contributed by atoms with van der Waals surface area (Å²) < 4.78 is 41.7. The van der Waals surface area contributed by atoms with E-state index in [1.165, 1.54) is 7.11 Å². The molecule has 0 bridgehead atoms. The minimum Gasteiger partial charge on any atom is -0.385 e. The Bertz CT molecular complexity index is 229. The fourth-order valence-electron chi connectivity index (χ4n) is 0.886. The van der Waals surface area contributed by atoms with Gasteiger partial charge in [-0.3, -0.25) is 4.79 Å². The summed E-state index contributed by atoms with van der Waals surface area (Å²) in [5.41, 5.74) is 2.08. The van der Waals surface area contributed by atoms with Crippen LogP contribution in [0.4, 0.5) is 13.2 Å². The fraction of sp³-hybridized carbons (Fsp3) is 0.889. The molecule has 0 heterocycles. The van der Waals surface area contributed by atoms with Gasteiger partial charge in [0.25, 0.3) is 0 Å². The third-order valence-corrected chi connectivity index (χ3v) is 2.12. The summed E-state index contributed by atoms with van der Waals surface area (Å²) in [4.78, 5) is 11.2. The first kappa shape index (κ1) is 15.2. The van der Waals surface area contributed by atoms with Crippen LogP contribution in [0.3, 0.4) is 0 Å². The SMILES string of the molecule is COCCCCNC(=O)C(C)(N)C(F)(F)F. The number of hydrogen-bond acceptors (Lipinski definition) is 3. The molecular formula is C9H17F3N2O2. The Kier molecular flexibility index (Phi) is 5.74. The Morgan fingerprint density at radius 1 is 1.38 bits per heavy atom. The summed E-state index contributed by atoms with van der Waals surface area (Å²) in [5, 5.41) is 2.15. The maximum atomic E-state index is 12.3. The number of unbranched alkanes of at least 4 members (excludes halogenated alkanes) is 1. The number of carbonyl (C=O) groups is 1. The molecule has 7 heteroatoms. The van der Waals surface area contributed by atoms with Crippen LogP contribution in [-0.2, 0) is 9.53 Å². The highest BCUT2D eigenvalue weighted by Gasteiger charge is 2.53. The Balaban J connectivity index is 3.98. The monoisotopic (exact) mass is 242 g/mol. The molecule has 4 nitrogen and oxygen atoms in total. The lowest BCUT2D eigenvalue weighted by Gasteiger charge is -2.26. The van der Waals surface area contributed by atoms with Crippen molar-refractivity contribution in [3.63, 3.8) is 0 Å². The van der Waals surface area contributed by atoms with Crippen molar-refractivity contribution >= 4 is 5.91 Å². The maximum absolute atomic E-state index is 12.3. The van der Waals surface area contributed by atoms with Gasteiger partial charge in [-0.1, -0.05) is 0 Å². The predicted molar refractivity (Wildman–Crippen MR) is 52.8 cm³/mol. The van der Waals surface area contributed by atoms with E-state index in [1.54, 1.807) is 0 Å². The van der Waals surface area contributed by atoms with Gasteiger partial charge in [0.1, 0.15) is 0 Å². The highest BCUT2D eigenvalue weighted by atomic mass is 19.4. The average molecular weight is 242 g/mol. The zero-order valence-electron chi connectivity index (χ0n) is 9.36. The third kappa shape index (κ3) is 4.36. The second-order valence-electron chi connectivity index (χ2n) is 3.66. The van der Waals surface area contributed by atoms with Gasteiger partial charge in [-0.25, -0.2) is 0 Å². The van der Waals surface area contributed by atoms with E-state index in [0.29, 0.717) is 26.4 Å². The molecule has 1 unspecified atom stereocenters. The Hall–Kier alpha value is -0.820. The second kappa shape index (κ2) is 6.05. The van der Waals surface area contributed by atoms with Gasteiger partial charge >= 0.3 is 6.18 Å². The first-order chi connectivity index (χ1) is 7.23. The molecule has 1 amide bonds. The van der Waals surface area contributed by atoms with Crippen molar-refractivity contribution in [3.05, 3.63) is 0 Å². The number of hydrogen-bond donors (Lipinski definition) is 2. The standard InChI is InChI=1S/C9H17F3N2O2/c1-8(13,9(10,11)12)7(15)14-5-3-4-6-16-2/h3-6,13H2,1-2H3,(H,14,15). The van der Waals surface area contributed by atoms with Gasteiger partial charge < -0.3 is 15.8 Å². The molecular weight excluding hydrogens is 225 g/mol. The van der Waals surface area contributed by atoms with Gasteiger partial charge in [-0.2, -0.15) is 13.2 Å². The number of alkyl halides is 3. The molecule has 96 valence electrons. The minimum atomic E-state index is -4.75. The number of nitrogens with one attached hydrogen (secondary N) is 1. The predicted octanol–water partition coefficient (Wildman–Crippen LogP) is 0.809. The Morgan fingerprint density at radius 2 is 1.94 bits per heavy atom. The first-order valence-corrected chi connectivity index (χ1v) is 4.86. The number of carbonyl (C=O) groups excluding carboxylic acids is 1. The number of rotatable bonds is 6. The molecule has 0 aliphatic heterocycles. The minimum absolute atomic E-state index is 0.158. The smallest absolute Gasteiger partial charge is 0.385 e. The van der Waals surface area contributed by atoms with E-state index in [1.807, 2.05) is 0 Å². The fourth-order valence-corrected chi connectivity index (χ4v) is 0.886. The largest absolute Gasteiger partial charge is 0.415 e. The molecule has 0 rings (SSSR count). The van der Waals surface area contributed by atoms with Gasteiger partial charge in [0.2, 0.25) is 5.91 Å². The van der Waals surface area contributed by atoms with Crippen LogP contribution >= 0.6 is 0 Å². The number of ether oxygens (including phenoxy) is 1. The normalized spacial score (nSPS) is 15.6. The van der Waals surface area contributed by atoms with Crippen LogP contribution in [0.2, 0.25) is 0 Å². The molecule has 0 aromatic rings. The van der Waals surface area contributed by atoms with Crippen molar-refractivity contribution in [1.29, 1.82) is 0 Å². The molecule has 0 saturated carbocycles. The van der Waals surface area contributed by atoms with E-state index in [9.17, 15) is 18.0 Å². The average Bonchev–Trinajstić information content (AvgIpc) is 2.15. The lowest BCUT2D eigenvalue weighted by atomic mass is 10.0. The van der Waals surface area contributed by atoms with Crippen LogP contribution in [0.1, 0.15) is 19.8 Å². The molecule has 3 N–H and O–H groups in total. The molecule has 0 saturated heterocycles. The Labute approximate surface area is 92.3 Å². The molecule has 0 aliphatic carbocycles. The summed E-state index contributed by atoms with van der Waals surface area (Å²) in [5.74, 6) is -1.21. The van der Waals surface area contributed by atoms with Crippen molar-refractivity contribution < 1.29 is 22.7 Å². The molecule has 0 fully saturated rings. The van der Waals surface area contributed by atoms with Gasteiger partial charge in [0, 0.05) is 20.3 Å². The van der Waals surface area contributed by atoms with Crippen molar-refractivity contribution in [3.8, 4) is 0 Å². The van der Waals surface area contributed by atoms with E-state index < -0.39 is 17.6 Å². The topological polar surface area (TPSA) is 64.3 Å². The zero-order chi connectivity index (χ0) is 12.8. The summed E-state index contributed by atoms with van der Waals surface area (Å²) in [6.45, 7) is 1.32.